The summed E-state index contributed by atoms with van der Waals surface area (Å²) >= 11 is 1.50. The molecule has 1 N–H and O–H groups in total. The summed E-state index contributed by atoms with van der Waals surface area (Å²) in [6.07, 6.45) is 3.13. The maximum absolute atomic E-state index is 15.7. The van der Waals surface area contributed by atoms with Gasteiger partial charge in [0, 0.05) is 83.5 Å². The number of carbonyl (C=O) groups is 3. The van der Waals surface area contributed by atoms with E-state index in [1.807, 2.05) is 39.0 Å². The van der Waals surface area contributed by atoms with Crippen molar-refractivity contribution in [3.8, 4) is 0 Å². The van der Waals surface area contributed by atoms with Crippen LogP contribution in [0.4, 0.5) is 20.6 Å². The van der Waals surface area contributed by atoms with Crippen LogP contribution in [0.15, 0.2) is 42.5 Å². The SMILES string of the molecule is CC(C)N1CCN(c2c(F)cccc2[C@H]2S[C@@H](CC(=O)N3CCC(N4CCc5ccccc5NC4=O)CC3)C(=O)N2CCC(C)(C)C)CC1.[HH]. The van der Waals surface area contributed by atoms with Crippen LogP contribution in [0, 0.1) is 11.2 Å². The highest BCUT2D eigenvalue weighted by Crippen LogP contribution is 2.48. The number of urea groups is 1. The van der Waals surface area contributed by atoms with Gasteiger partial charge in [-0.1, -0.05) is 51.1 Å². The Kier molecular flexibility index (Phi) is 10.8. The summed E-state index contributed by atoms with van der Waals surface area (Å²) < 4.78 is 15.7. The molecule has 9 nitrogen and oxygen atoms in total. The summed E-state index contributed by atoms with van der Waals surface area (Å²) in [5.74, 6) is -0.329. The van der Waals surface area contributed by atoms with Gasteiger partial charge in [-0.3, -0.25) is 14.5 Å². The average molecular weight is 695 g/mol. The Labute approximate surface area is 297 Å². The summed E-state index contributed by atoms with van der Waals surface area (Å²) in [5, 5.41) is 2.17. The number of halogens is 1. The Bertz CT molecular complexity index is 1520. The van der Waals surface area contributed by atoms with E-state index < -0.39 is 5.25 Å². The fraction of sp³-hybridized carbons (Fsp3) is 0.605. The van der Waals surface area contributed by atoms with Crippen LogP contribution in [0.1, 0.15) is 78.2 Å². The Morgan fingerprint density at radius 1 is 0.980 bits per heavy atom. The predicted octanol–water partition coefficient (Wildman–Crippen LogP) is 6.45. The number of nitrogens with zero attached hydrogens (tertiary/aromatic N) is 5. The highest BCUT2D eigenvalue weighted by Gasteiger charge is 2.44. The number of benzene rings is 2. The van der Waals surface area contributed by atoms with Crippen molar-refractivity contribution in [2.24, 2.45) is 5.41 Å². The van der Waals surface area contributed by atoms with E-state index in [1.54, 1.807) is 6.07 Å². The number of hydrogen-bond acceptors (Lipinski definition) is 6. The van der Waals surface area contributed by atoms with E-state index in [4.69, 9.17) is 0 Å². The second-order valence-corrected chi connectivity index (χ2v) is 16.7. The monoisotopic (exact) mass is 694 g/mol. The molecule has 2 aromatic rings. The third-order valence-corrected chi connectivity index (χ3v) is 12.1. The first-order valence-corrected chi connectivity index (χ1v) is 19.0. The lowest BCUT2D eigenvalue weighted by atomic mass is 9.92. The molecule has 0 aliphatic carbocycles. The van der Waals surface area contributed by atoms with Crippen molar-refractivity contribution in [3.63, 3.8) is 0 Å². The maximum atomic E-state index is 15.7. The Balaban J connectivity index is 0.00000486. The lowest BCUT2D eigenvalue weighted by Crippen LogP contribution is -2.50. The Morgan fingerprint density at radius 2 is 1.69 bits per heavy atom. The van der Waals surface area contributed by atoms with E-state index in [0.717, 1.165) is 55.8 Å². The van der Waals surface area contributed by atoms with E-state index in [0.29, 0.717) is 50.7 Å². The van der Waals surface area contributed by atoms with Crippen molar-refractivity contribution in [2.75, 3.05) is 62.6 Å². The molecule has 3 fully saturated rings. The molecule has 268 valence electrons. The molecule has 49 heavy (non-hydrogen) atoms. The van der Waals surface area contributed by atoms with Gasteiger partial charge in [0.15, 0.2) is 0 Å². The van der Waals surface area contributed by atoms with Crippen LogP contribution in [0.25, 0.3) is 0 Å². The van der Waals surface area contributed by atoms with Crippen LogP contribution in [0.2, 0.25) is 0 Å². The molecule has 0 spiro atoms. The molecule has 0 bridgehead atoms. The van der Waals surface area contributed by atoms with E-state index in [2.05, 4.69) is 55.8 Å². The number of thioether (sulfide) groups is 1. The van der Waals surface area contributed by atoms with E-state index >= 15 is 4.39 Å². The second-order valence-electron chi connectivity index (χ2n) is 15.5. The minimum atomic E-state index is -0.529. The van der Waals surface area contributed by atoms with Crippen molar-refractivity contribution >= 4 is 41.0 Å². The number of rotatable bonds is 8. The standard InChI is InChI=1S/C38H53FN6O3S.H2/c1-26(2)41-21-23-43(24-22-41)34-29(10-8-11-30(34)39)36-45(20-16-38(3,4)5)35(47)32(49-36)25-33(46)42-17-14-28(15-18-42)44-19-13-27-9-6-7-12-31(27)40-37(44)48;/h6-12,26,28,32,36H,13-25H2,1-5H3,(H,40,48);1H/t32-,36+;/m0./s1. The third kappa shape index (κ3) is 8.03. The van der Waals surface area contributed by atoms with Crippen LogP contribution in [0.3, 0.4) is 0 Å². The minimum Gasteiger partial charge on any atom is -0.366 e. The van der Waals surface area contributed by atoms with Crippen molar-refractivity contribution in [1.82, 2.24) is 19.6 Å². The van der Waals surface area contributed by atoms with Crippen molar-refractivity contribution in [3.05, 3.63) is 59.4 Å². The molecule has 4 aliphatic heterocycles. The van der Waals surface area contributed by atoms with Crippen LogP contribution in [0.5, 0.6) is 0 Å². The topological polar surface area (TPSA) is 79.4 Å². The molecule has 2 atom stereocenters. The predicted molar refractivity (Wildman–Crippen MR) is 197 cm³/mol. The molecule has 0 unspecified atom stereocenters. The van der Waals surface area contributed by atoms with Gasteiger partial charge in [0.25, 0.3) is 0 Å². The molecule has 2 aromatic carbocycles. The lowest BCUT2D eigenvalue weighted by molar-refractivity contribution is -0.137. The highest BCUT2D eigenvalue weighted by atomic mass is 32.2. The summed E-state index contributed by atoms with van der Waals surface area (Å²) in [4.78, 5) is 51.2. The Hall–Kier alpha value is -3.31. The lowest BCUT2D eigenvalue weighted by Gasteiger charge is -2.40. The first-order chi connectivity index (χ1) is 23.4. The molecule has 3 saturated heterocycles. The molecule has 0 saturated carbocycles. The molecule has 4 aliphatic rings. The fourth-order valence-corrected chi connectivity index (χ4v) is 9.12. The highest BCUT2D eigenvalue weighted by molar-refractivity contribution is 8.01. The van der Waals surface area contributed by atoms with Gasteiger partial charge in [-0.15, -0.1) is 11.8 Å². The smallest absolute Gasteiger partial charge is 0.322 e. The van der Waals surface area contributed by atoms with Gasteiger partial charge >= 0.3 is 6.03 Å². The van der Waals surface area contributed by atoms with Gasteiger partial charge in [-0.05, 0) is 62.6 Å². The number of hydrogen-bond donors (Lipinski definition) is 1. The molecular formula is C38H55FN6O3S. The third-order valence-electron chi connectivity index (χ3n) is 10.6. The van der Waals surface area contributed by atoms with Crippen LogP contribution < -0.4 is 10.2 Å². The molecular weight excluding hydrogens is 640 g/mol. The number of carbonyl (C=O) groups excluding carboxylic acids is 3. The first-order valence-electron chi connectivity index (χ1n) is 18.1. The largest absolute Gasteiger partial charge is 0.366 e. The number of piperidine rings is 1. The van der Waals surface area contributed by atoms with Gasteiger partial charge in [0.05, 0.1) is 10.9 Å². The number of amides is 4. The summed E-state index contributed by atoms with van der Waals surface area (Å²) in [6, 6.07) is 13.6. The van der Waals surface area contributed by atoms with Gasteiger partial charge in [0.2, 0.25) is 11.8 Å². The average Bonchev–Trinajstić information content (AvgIpc) is 3.27. The molecule has 4 heterocycles. The summed E-state index contributed by atoms with van der Waals surface area (Å²) in [7, 11) is 0. The van der Waals surface area contributed by atoms with E-state index in [9.17, 15) is 14.4 Å². The van der Waals surface area contributed by atoms with Gasteiger partial charge in [0.1, 0.15) is 11.2 Å². The van der Waals surface area contributed by atoms with Crippen molar-refractivity contribution in [2.45, 2.75) is 89.4 Å². The van der Waals surface area contributed by atoms with Crippen molar-refractivity contribution in [1.29, 1.82) is 0 Å². The Morgan fingerprint density at radius 3 is 2.39 bits per heavy atom. The van der Waals surface area contributed by atoms with E-state index in [-0.39, 0.29) is 48.3 Å². The molecule has 11 heteroatoms. The van der Waals surface area contributed by atoms with Crippen LogP contribution in [-0.2, 0) is 16.0 Å². The second kappa shape index (κ2) is 14.9. The van der Waals surface area contributed by atoms with Gasteiger partial charge in [-0.2, -0.15) is 0 Å². The van der Waals surface area contributed by atoms with Crippen molar-refractivity contribution < 1.29 is 20.2 Å². The zero-order valence-electron chi connectivity index (χ0n) is 29.8. The summed E-state index contributed by atoms with van der Waals surface area (Å²) in [5.41, 5.74) is 3.43. The fourth-order valence-electron chi connectivity index (χ4n) is 7.63. The summed E-state index contributed by atoms with van der Waals surface area (Å²) in [6.45, 7) is 16.4. The quantitative estimate of drug-likeness (QED) is 0.342. The molecule has 0 radical (unpaired) electrons. The number of piperazine rings is 1. The number of fused-ring (bicyclic) bond motifs is 1. The van der Waals surface area contributed by atoms with Gasteiger partial charge in [-0.25, -0.2) is 9.18 Å². The normalized spacial score (nSPS) is 22.8. The number of anilines is 2. The van der Waals surface area contributed by atoms with Crippen LogP contribution in [-0.4, -0.2) is 107 Å². The van der Waals surface area contributed by atoms with Gasteiger partial charge < -0.3 is 24.9 Å². The molecule has 6 rings (SSSR count). The number of likely N-dealkylation sites (tertiary alicyclic amines) is 1. The molecule has 4 amide bonds. The minimum absolute atomic E-state index is 0. The maximum Gasteiger partial charge on any atom is 0.322 e. The van der Waals surface area contributed by atoms with E-state index in [1.165, 1.54) is 17.8 Å². The van der Waals surface area contributed by atoms with Crippen LogP contribution >= 0.6 is 11.8 Å². The number of nitrogens with one attached hydrogen (secondary N) is 1. The molecule has 0 aromatic heterocycles. The number of para-hydroxylation sites is 2. The zero-order valence-corrected chi connectivity index (χ0v) is 30.6. The first kappa shape index (κ1) is 35.5. The zero-order chi connectivity index (χ0) is 34.9.